The van der Waals surface area contributed by atoms with Gasteiger partial charge in [-0.3, -0.25) is 4.79 Å². The molecule has 1 rings (SSSR count). The van der Waals surface area contributed by atoms with Crippen LogP contribution >= 0.6 is 11.6 Å². The molecule has 0 aliphatic carbocycles. The fourth-order valence-corrected chi connectivity index (χ4v) is 1.31. The summed E-state index contributed by atoms with van der Waals surface area (Å²) in [5.41, 5.74) is 1.11. The Kier molecular flexibility index (Phi) is 4.59. The Hall–Kier alpha value is -1.06. The molecule has 3 nitrogen and oxygen atoms in total. The summed E-state index contributed by atoms with van der Waals surface area (Å²) >= 11 is 5.76. The zero-order valence-corrected chi connectivity index (χ0v) is 9.64. The number of amides is 1. The molecule has 0 saturated heterocycles. The number of hydrogen-bond donors (Lipinski definition) is 2. The minimum atomic E-state index is -0.189. The van der Waals surface area contributed by atoms with Crippen molar-refractivity contribution in [3.8, 4) is 0 Å². The Bertz CT molecular complexity index is 324. The van der Waals surface area contributed by atoms with Gasteiger partial charge in [0.1, 0.15) is 0 Å². The lowest BCUT2D eigenvalue weighted by Gasteiger charge is -2.11. The van der Waals surface area contributed by atoms with Gasteiger partial charge in [-0.15, -0.1) is 0 Å². The number of carbonyl (C=O) groups excluding carboxylic acids is 1. The largest absolute Gasteiger partial charge is 0.358 e. The zero-order chi connectivity index (χ0) is 11.3. The molecule has 0 spiro atoms. The van der Waals surface area contributed by atoms with E-state index in [1.54, 1.807) is 7.05 Å². The van der Waals surface area contributed by atoms with E-state index in [2.05, 4.69) is 10.6 Å². The van der Waals surface area contributed by atoms with Gasteiger partial charge in [0.25, 0.3) is 0 Å². The third-order valence-corrected chi connectivity index (χ3v) is 2.42. The number of halogens is 1. The monoisotopic (exact) mass is 226 g/mol. The standard InChI is InChI=1S/C11H15ClN2O/c1-8(11(15)13-2)14-7-9-3-5-10(12)6-4-9/h3-6,8,14H,7H2,1-2H3,(H,13,15)/t8-/m1/s1. The van der Waals surface area contributed by atoms with Gasteiger partial charge in [-0.1, -0.05) is 23.7 Å². The second-order valence-electron chi connectivity index (χ2n) is 3.34. The van der Waals surface area contributed by atoms with Gasteiger partial charge in [-0.25, -0.2) is 0 Å². The van der Waals surface area contributed by atoms with Crippen LogP contribution in [-0.4, -0.2) is 19.0 Å². The van der Waals surface area contributed by atoms with Crippen LogP contribution in [0.1, 0.15) is 12.5 Å². The lowest BCUT2D eigenvalue weighted by atomic mass is 10.2. The SMILES string of the molecule is CNC(=O)[C@@H](C)NCc1ccc(Cl)cc1. The first-order chi connectivity index (χ1) is 7.13. The molecule has 1 atom stereocenters. The average molecular weight is 227 g/mol. The molecule has 0 fully saturated rings. The molecule has 1 aromatic rings. The first kappa shape index (κ1) is 12.0. The smallest absolute Gasteiger partial charge is 0.236 e. The summed E-state index contributed by atoms with van der Waals surface area (Å²) in [5, 5.41) is 6.42. The lowest BCUT2D eigenvalue weighted by Crippen LogP contribution is -2.40. The zero-order valence-electron chi connectivity index (χ0n) is 8.88. The third-order valence-electron chi connectivity index (χ3n) is 2.17. The van der Waals surface area contributed by atoms with Crippen molar-refractivity contribution < 1.29 is 4.79 Å². The maximum absolute atomic E-state index is 11.2. The highest BCUT2D eigenvalue weighted by Crippen LogP contribution is 2.09. The van der Waals surface area contributed by atoms with Gasteiger partial charge in [0.05, 0.1) is 6.04 Å². The van der Waals surface area contributed by atoms with Gasteiger partial charge >= 0.3 is 0 Å². The molecule has 0 bridgehead atoms. The Morgan fingerprint density at radius 1 is 1.40 bits per heavy atom. The molecule has 1 amide bonds. The van der Waals surface area contributed by atoms with Gasteiger partial charge < -0.3 is 10.6 Å². The van der Waals surface area contributed by atoms with Gasteiger partial charge in [-0.2, -0.15) is 0 Å². The molecule has 0 aromatic heterocycles. The van der Waals surface area contributed by atoms with E-state index in [4.69, 9.17) is 11.6 Å². The topological polar surface area (TPSA) is 41.1 Å². The lowest BCUT2D eigenvalue weighted by molar-refractivity contribution is -0.122. The maximum Gasteiger partial charge on any atom is 0.236 e. The number of carbonyl (C=O) groups is 1. The molecule has 2 N–H and O–H groups in total. The number of rotatable bonds is 4. The molecule has 82 valence electrons. The molecule has 0 aliphatic heterocycles. The molecule has 0 unspecified atom stereocenters. The van der Waals surface area contributed by atoms with Crippen molar-refractivity contribution in [2.45, 2.75) is 19.5 Å². The summed E-state index contributed by atoms with van der Waals surface area (Å²) in [6.07, 6.45) is 0. The minimum Gasteiger partial charge on any atom is -0.358 e. The highest BCUT2D eigenvalue weighted by Gasteiger charge is 2.08. The van der Waals surface area contributed by atoms with Crippen molar-refractivity contribution in [3.63, 3.8) is 0 Å². The van der Waals surface area contributed by atoms with Crippen molar-refractivity contribution >= 4 is 17.5 Å². The van der Waals surface area contributed by atoms with Gasteiger partial charge in [0.2, 0.25) is 5.91 Å². The van der Waals surface area contributed by atoms with Crippen LogP contribution in [0.15, 0.2) is 24.3 Å². The Morgan fingerprint density at radius 3 is 2.53 bits per heavy atom. The molecular formula is C11H15ClN2O. The Morgan fingerprint density at radius 2 is 2.00 bits per heavy atom. The second kappa shape index (κ2) is 5.73. The van der Waals surface area contributed by atoms with Crippen LogP contribution in [0.2, 0.25) is 5.02 Å². The molecule has 0 aliphatic rings. The fraction of sp³-hybridized carbons (Fsp3) is 0.364. The number of likely N-dealkylation sites (N-methyl/N-ethyl adjacent to an activating group) is 1. The summed E-state index contributed by atoms with van der Waals surface area (Å²) in [6, 6.07) is 7.36. The summed E-state index contributed by atoms with van der Waals surface area (Å²) in [4.78, 5) is 11.2. The minimum absolute atomic E-state index is 0.0102. The van der Waals surface area contributed by atoms with Crippen molar-refractivity contribution in [2.24, 2.45) is 0 Å². The summed E-state index contributed by atoms with van der Waals surface area (Å²) in [7, 11) is 1.63. The van der Waals surface area contributed by atoms with Crippen LogP contribution in [-0.2, 0) is 11.3 Å². The molecule has 15 heavy (non-hydrogen) atoms. The van der Waals surface area contributed by atoms with Crippen molar-refractivity contribution in [1.82, 2.24) is 10.6 Å². The highest BCUT2D eigenvalue weighted by molar-refractivity contribution is 6.30. The third kappa shape index (κ3) is 3.90. The van der Waals surface area contributed by atoms with E-state index in [-0.39, 0.29) is 11.9 Å². The number of nitrogens with one attached hydrogen (secondary N) is 2. The molecule has 1 aromatic carbocycles. The first-order valence-corrected chi connectivity index (χ1v) is 5.20. The van der Waals surface area contributed by atoms with Crippen molar-refractivity contribution in [3.05, 3.63) is 34.9 Å². The molecular weight excluding hydrogens is 212 g/mol. The van der Waals surface area contributed by atoms with Gasteiger partial charge in [0, 0.05) is 18.6 Å². The molecule has 0 saturated carbocycles. The second-order valence-corrected chi connectivity index (χ2v) is 3.78. The number of benzene rings is 1. The molecule has 0 radical (unpaired) electrons. The normalized spacial score (nSPS) is 12.2. The van der Waals surface area contributed by atoms with E-state index in [1.807, 2.05) is 31.2 Å². The fourth-order valence-electron chi connectivity index (χ4n) is 1.18. The van der Waals surface area contributed by atoms with E-state index in [0.29, 0.717) is 6.54 Å². The van der Waals surface area contributed by atoms with Crippen LogP contribution in [0.3, 0.4) is 0 Å². The maximum atomic E-state index is 11.2. The van der Waals surface area contributed by atoms with E-state index in [1.165, 1.54) is 0 Å². The van der Waals surface area contributed by atoms with Crippen molar-refractivity contribution in [2.75, 3.05) is 7.05 Å². The van der Waals surface area contributed by atoms with Crippen molar-refractivity contribution in [1.29, 1.82) is 0 Å². The predicted molar refractivity (Wildman–Crippen MR) is 61.8 cm³/mol. The first-order valence-electron chi connectivity index (χ1n) is 4.83. The average Bonchev–Trinajstić information content (AvgIpc) is 2.26. The quantitative estimate of drug-likeness (QED) is 0.818. The van der Waals surface area contributed by atoms with Gasteiger partial charge in [-0.05, 0) is 24.6 Å². The van der Waals surface area contributed by atoms with Crippen LogP contribution in [0.4, 0.5) is 0 Å². The Balaban J connectivity index is 2.43. The van der Waals surface area contributed by atoms with Crippen LogP contribution in [0.25, 0.3) is 0 Å². The van der Waals surface area contributed by atoms with E-state index < -0.39 is 0 Å². The van der Waals surface area contributed by atoms with Crippen LogP contribution in [0.5, 0.6) is 0 Å². The van der Waals surface area contributed by atoms with Crippen LogP contribution < -0.4 is 10.6 Å². The van der Waals surface area contributed by atoms with Gasteiger partial charge in [0.15, 0.2) is 0 Å². The van der Waals surface area contributed by atoms with E-state index in [0.717, 1.165) is 10.6 Å². The molecule has 0 heterocycles. The Labute approximate surface area is 94.8 Å². The molecule has 4 heteroatoms. The number of hydrogen-bond acceptors (Lipinski definition) is 2. The summed E-state index contributed by atoms with van der Waals surface area (Å²) < 4.78 is 0. The van der Waals surface area contributed by atoms with E-state index in [9.17, 15) is 4.79 Å². The van der Waals surface area contributed by atoms with E-state index >= 15 is 0 Å². The summed E-state index contributed by atoms with van der Waals surface area (Å²) in [5.74, 6) is -0.0102. The highest BCUT2D eigenvalue weighted by atomic mass is 35.5. The predicted octanol–water partition coefficient (Wildman–Crippen LogP) is 1.56. The van der Waals surface area contributed by atoms with Crippen LogP contribution in [0, 0.1) is 0 Å². The summed E-state index contributed by atoms with van der Waals surface area (Å²) in [6.45, 7) is 2.49.